The van der Waals surface area contributed by atoms with E-state index in [9.17, 15) is 4.79 Å². The summed E-state index contributed by atoms with van der Waals surface area (Å²) in [6, 6.07) is 8.98. The van der Waals surface area contributed by atoms with Crippen LogP contribution in [0.1, 0.15) is 89.3 Å². The molecule has 2 aliphatic rings. The summed E-state index contributed by atoms with van der Waals surface area (Å²) in [5, 5.41) is 3.24. The van der Waals surface area contributed by atoms with Crippen molar-refractivity contribution in [1.82, 2.24) is 15.1 Å². The van der Waals surface area contributed by atoms with E-state index in [1.54, 1.807) is 4.90 Å². The molecule has 0 saturated carbocycles. The number of hydrogen-bond donors (Lipinski definition) is 1. The monoisotopic (exact) mass is 457 g/mol. The van der Waals surface area contributed by atoms with Crippen LogP contribution in [0.3, 0.4) is 0 Å². The van der Waals surface area contributed by atoms with Gasteiger partial charge in [-0.05, 0) is 94.5 Å². The van der Waals surface area contributed by atoms with E-state index in [2.05, 4.69) is 55.3 Å². The van der Waals surface area contributed by atoms with Gasteiger partial charge >= 0.3 is 6.03 Å². The number of amides is 2. The summed E-state index contributed by atoms with van der Waals surface area (Å²) >= 11 is 0. The van der Waals surface area contributed by atoms with Crippen LogP contribution in [-0.4, -0.2) is 62.3 Å². The molecule has 1 aromatic carbocycles. The molecule has 0 bridgehead atoms. The average molecular weight is 458 g/mol. The Labute approximate surface area is 202 Å². The third-order valence-corrected chi connectivity index (χ3v) is 8.30. The first kappa shape index (κ1) is 26.0. The third kappa shape index (κ3) is 6.73. The van der Waals surface area contributed by atoms with E-state index >= 15 is 0 Å². The summed E-state index contributed by atoms with van der Waals surface area (Å²) in [6.45, 7) is 10.4. The van der Waals surface area contributed by atoms with Crippen molar-refractivity contribution in [2.75, 3.05) is 40.8 Å². The van der Waals surface area contributed by atoms with Crippen molar-refractivity contribution in [2.45, 2.75) is 89.2 Å². The van der Waals surface area contributed by atoms with Crippen LogP contribution < -0.4 is 5.32 Å². The van der Waals surface area contributed by atoms with E-state index in [-0.39, 0.29) is 23.1 Å². The number of benzene rings is 1. The molecule has 3 rings (SSSR count). The number of rotatable bonds is 9. The predicted molar refractivity (Wildman–Crippen MR) is 137 cm³/mol. The zero-order valence-corrected chi connectivity index (χ0v) is 22.0. The molecule has 1 fully saturated rings. The SMILES string of the molecule is COC(C)(C)CCCC(C)CCN1CCC2(CCC(NC(=O)N(C)C)c3ccccc32)CC1. The molecule has 1 N–H and O–H groups in total. The molecule has 1 aromatic rings. The van der Waals surface area contributed by atoms with Gasteiger partial charge in [-0.3, -0.25) is 0 Å². The lowest BCUT2D eigenvalue weighted by molar-refractivity contribution is 0.0126. The van der Waals surface area contributed by atoms with E-state index in [4.69, 9.17) is 4.74 Å². The minimum atomic E-state index is 0.000440. The number of piperidine rings is 1. The quantitative estimate of drug-likeness (QED) is 0.514. The smallest absolute Gasteiger partial charge is 0.317 e. The Balaban J connectivity index is 1.51. The summed E-state index contributed by atoms with van der Waals surface area (Å²) < 4.78 is 5.56. The van der Waals surface area contributed by atoms with Crippen molar-refractivity contribution in [2.24, 2.45) is 5.92 Å². The Morgan fingerprint density at radius 2 is 1.91 bits per heavy atom. The van der Waals surface area contributed by atoms with Gasteiger partial charge in [-0.1, -0.05) is 44.0 Å². The van der Waals surface area contributed by atoms with Crippen molar-refractivity contribution in [3.8, 4) is 0 Å². The fraction of sp³-hybridized carbons (Fsp3) is 0.750. The van der Waals surface area contributed by atoms with Crippen molar-refractivity contribution in [3.05, 3.63) is 35.4 Å². The van der Waals surface area contributed by atoms with Gasteiger partial charge in [0, 0.05) is 21.2 Å². The highest BCUT2D eigenvalue weighted by Crippen LogP contribution is 2.48. The van der Waals surface area contributed by atoms with Crippen molar-refractivity contribution < 1.29 is 9.53 Å². The first-order chi connectivity index (χ1) is 15.7. The molecular formula is C28H47N3O2. The summed E-state index contributed by atoms with van der Waals surface area (Å²) in [5.41, 5.74) is 3.10. The molecule has 1 spiro atoms. The zero-order chi connectivity index (χ0) is 24.1. The minimum Gasteiger partial charge on any atom is -0.379 e. The second-order valence-electron chi connectivity index (χ2n) is 11.4. The number of nitrogens with zero attached hydrogens (tertiary/aromatic N) is 2. The molecule has 0 aromatic heterocycles. The van der Waals surface area contributed by atoms with Crippen molar-refractivity contribution >= 4 is 6.03 Å². The van der Waals surface area contributed by atoms with Crippen LogP contribution >= 0.6 is 0 Å². The number of nitrogens with one attached hydrogen (secondary N) is 1. The maximum Gasteiger partial charge on any atom is 0.317 e. The molecule has 1 heterocycles. The summed E-state index contributed by atoms with van der Waals surface area (Å²) in [4.78, 5) is 16.6. The number of fused-ring (bicyclic) bond motifs is 2. The Hall–Kier alpha value is -1.59. The van der Waals surface area contributed by atoms with Gasteiger partial charge in [0.05, 0.1) is 11.6 Å². The van der Waals surface area contributed by atoms with Crippen LogP contribution in [0.15, 0.2) is 24.3 Å². The maximum atomic E-state index is 12.3. The van der Waals surface area contributed by atoms with Gasteiger partial charge in [-0.25, -0.2) is 4.79 Å². The lowest BCUT2D eigenvalue weighted by Crippen LogP contribution is -2.47. The topological polar surface area (TPSA) is 44.8 Å². The molecule has 1 saturated heterocycles. The standard InChI is InChI=1S/C28H47N3O2/c1-22(10-9-15-27(2,3)33-6)14-19-31-20-17-28(18-21-31)16-13-25(29-26(32)30(4)5)23-11-7-8-12-24(23)28/h7-8,11-12,22,25H,9-10,13-21H2,1-6H3,(H,29,32). The summed E-state index contributed by atoms with van der Waals surface area (Å²) in [6.07, 6.45) is 9.62. The second-order valence-corrected chi connectivity index (χ2v) is 11.4. The molecular weight excluding hydrogens is 410 g/mol. The Bertz CT molecular complexity index is 768. The summed E-state index contributed by atoms with van der Waals surface area (Å²) in [7, 11) is 5.43. The van der Waals surface area contributed by atoms with Gasteiger partial charge < -0.3 is 19.9 Å². The highest BCUT2D eigenvalue weighted by atomic mass is 16.5. The van der Waals surface area contributed by atoms with Crippen LogP contribution in [0.4, 0.5) is 4.79 Å². The lowest BCUT2D eigenvalue weighted by Gasteiger charge is -2.47. The fourth-order valence-corrected chi connectivity index (χ4v) is 5.67. The Kier molecular flexibility index (Phi) is 8.85. The van der Waals surface area contributed by atoms with Crippen molar-refractivity contribution in [3.63, 3.8) is 0 Å². The van der Waals surface area contributed by atoms with Crippen LogP contribution in [-0.2, 0) is 10.2 Å². The largest absolute Gasteiger partial charge is 0.379 e. The highest BCUT2D eigenvalue weighted by molar-refractivity contribution is 5.74. The number of likely N-dealkylation sites (tertiary alicyclic amines) is 1. The molecule has 186 valence electrons. The minimum absolute atomic E-state index is 0.000440. The number of methoxy groups -OCH3 is 1. The maximum absolute atomic E-state index is 12.3. The van der Waals surface area contributed by atoms with Crippen LogP contribution in [0.2, 0.25) is 0 Å². The van der Waals surface area contributed by atoms with E-state index in [1.807, 2.05) is 21.2 Å². The Morgan fingerprint density at radius 3 is 2.58 bits per heavy atom. The number of ether oxygens (including phenoxy) is 1. The number of hydrogen-bond acceptors (Lipinski definition) is 3. The molecule has 5 heteroatoms. The molecule has 2 atom stereocenters. The predicted octanol–water partition coefficient (Wildman–Crippen LogP) is 5.75. The molecule has 2 unspecified atom stereocenters. The first-order valence-corrected chi connectivity index (χ1v) is 13.0. The molecule has 5 nitrogen and oxygen atoms in total. The molecule has 2 amide bonds. The molecule has 33 heavy (non-hydrogen) atoms. The van der Waals surface area contributed by atoms with E-state index in [1.165, 1.54) is 69.3 Å². The fourth-order valence-electron chi connectivity index (χ4n) is 5.67. The van der Waals surface area contributed by atoms with Gasteiger partial charge in [0.2, 0.25) is 0 Å². The zero-order valence-electron chi connectivity index (χ0n) is 22.0. The van der Waals surface area contributed by atoms with Crippen LogP contribution in [0, 0.1) is 5.92 Å². The number of carbonyl (C=O) groups is 1. The lowest BCUT2D eigenvalue weighted by atomic mass is 9.63. The van der Waals surface area contributed by atoms with E-state index < -0.39 is 0 Å². The van der Waals surface area contributed by atoms with Gasteiger partial charge in [0.15, 0.2) is 0 Å². The van der Waals surface area contributed by atoms with Gasteiger partial charge in [0.1, 0.15) is 0 Å². The highest BCUT2D eigenvalue weighted by Gasteiger charge is 2.42. The number of urea groups is 1. The first-order valence-electron chi connectivity index (χ1n) is 13.0. The van der Waals surface area contributed by atoms with E-state index in [0.29, 0.717) is 0 Å². The van der Waals surface area contributed by atoms with E-state index in [0.717, 1.165) is 18.8 Å². The second kappa shape index (κ2) is 11.2. The third-order valence-electron chi connectivity index (χ3n) is 8.30. The average Bonchev–Trinajstić information content (AvgIpc) is 2.80. The number of carbonyl (C=O) groups excluding carboxylic acids is 1. The van der Waals surface area contributed by atoms with Gasteiger partial charge in [0.25, 0.3) is 0 Å². The van der Waals surface area contributed by atoms with Crippen molar-refractivity contribution in [1.29, 1.82) is 0 Å². The van der Waals surface area contributed by atoms with Gasteiger partial charge in [-0.15, -0.1) is 0 Å². The van der Waals surface area contributed by atoms with Gasteiger partial charge in [-0.2, -0.15) is 0 Å². The Morgan fingerprint density at radius 1 is 1.21 bits per heavy atom. The van der Waals surface area contributed by atoms with Crippen LogP contribution in [0.5, 0.6) is 0 Å². The normalized spacial score (nSPS) is 21.5. The molecule has 1 aliphatic carbocycles. The summed E-state index contributed by atoms with van der Waals surface area (Å²) in [5.74, 6) is 0.769. The molecule has 1 aliphatic heterocycles. The van der Waals surface area contributed by atoms with Crippen LogP contribution in [0.25, 0.3) is 0 Å². The molecule has 0 radical (unpaired) electrons.